The predicted molar refractivity (Wildman–Crippen MR) is 94.0 cm³/mol. The van der Waals surface area contributed by atoms with Gasteiger partial charge in [-0.15, -0.1) is 10.2 Å². The Labute approximate surface area is 146 Å². The number of hydrogen-bond acceptors (Lipinski definition) is 5. The van der Waals surface area contributed by atoms with Gasteiger partial charge >= 0.3 is 0 Å². The number of rotatable bonds is 6. The minimum Gasteiger partial charge on any atom is -0.279 e. The molecule has 0 saturated carbocycles. The summed E-state index contributed by atoms with van der Waals surface area (Å²) in [5.41, 5.74) is 2.08. The topological polar surface area (TPSA) is 106 Å². The number of aromatic amines is 1. The molecule has 2 heterocycles. The van der Waals surface area contributed by atoms with Gasteiger partial charge in [0.05, 0.1) is 10.6 Å². The average Bonchev–Trinajstić information content (AvgIpc) is 3.18. The summed E-state index contributed by atoms with van der Waals surface area (Å²) in [5, 5.41) is 14.3. The molecule has 0 spiro atoms. The third-order valence-corrected chi connectivity index (χ3v) is 5.07. The molecule has 1 aromatic carbocycles. The smallest absolute Gasteiger partial charge is 0.262 e. The highest BCUT2D eigenvalue weighted by Crippen LogP contribution is 2.25. The highest BCUT2D eigenvalue weighted by atomic mass is 32.2. The van der Waals surface area contributed by atoms with Gasteiger partial charge in [-0.1, -0.05) is 26.0 Å². The van der Waals surface area contributed by atoms with E-state index in [0.717, 1.165) is 12.0 Å². The lowest BCUT2D eigenvalue weighted by Crippen LogP contribution is -2.14. The maximum absolute atomic E-state index is 12.7. The minimum atomic E-state index is -3.73. The maximum atomic E-state index is 12.7. The normalized spacial score (nSPS) is 11.8. The van der Waals surface area contributed by atoms with Crippen molar-refractivity contribution in [2.75, 3.05) is 4.72 Å². The van der Waals surface area contributed by atoms with Crippen LogP contribution < -0.4 is 4.72 Å². The molecule has 132 valence electrons. The van der Waals surface area contributed by atoms with E-state index in [-0.39, 0.29) is 4.90 Å². The molecule has 0 unspecified atom stereocenters. The fourth-order valence-corrected chi connectivity index (χ4v) is 3.63. The van der Waals surface area contributed by atoms with Gasteiger partial charge in [-0.05, 0) is 37.0 Å². The fraction of sp³-hybridized carbons (Fsp3) is 0.312. The Balaban J connectivity index is 1.89. The monoisotopic (exact) mass is 360 g/mol. The molecule has 0 atom stereocenters. The third-order valence-electron chi connectivity index (χ3n) is 3.71. The minimum absolute atomic E-state index is 0.204. The molecule has 3 aromatic rings. The summed E-state index contributed by atoms with van der Waals surface area (Å²) in [6.07, 6.45) is 3.81. The molecule has 0 saturated heterocycles. The zero-order valence-corrected chi connectivity index (χ0v) is 15.1. The van der Waals surface area contributed by atoms with Gasteiger partial charge in [-0.3, -0.25) is 14.4 Å². The Bertz CT molecular complexity index is 943. The zero-order chi connectivity index (χ0) is 18.0. The third kappa shape index (κ3) is 3.71. The molecule has 0 fully saturated rings. The quantitative estimate of drug-likeness (QED) is 0.702. The van der Waals surface area contributed by atoms with Gasteiger partial charge in [-0.2, -0.15) is 5.10 Å². The van der Waals surface area contributed by atoms with Crippen LogP contribution in [0.4, 0.5) is 5.69 Å². The van der Waals surface area contributed by atoms with Crippen molar-refractivity contribution >= 4 is 15.7 Å². The number of H-pyrrole nitrogens is 1. The molecule has 2 N–H and O–H groups in total. The van der Waals surface area contributed by atoms with E-state index in [1.54, 1.807) is 19.1 Å². The van der Waals surface area contributed by atoms with Crippen LogP contribution in [0.25, 0.3) is 5.82 Å². The second-order valence-electron chi connectivity index (χ2n) is 6.26. The van der Waals surface area contributed by atoms with Crippen molar-refractivity contribution in [2.24, 2.45) is 5.92 Å². The van der Waals surface area contributed by atoms with Crippen LogP contribution in [0.5, 0.6) is 0 Å². The van der Waals surface area contributed by atoms with Crippen molar-refractivity contribution in [1.29, 1.82) is 0 Å². The van der Waals surface area contributed by atoms with E-state index in [1.165, 1.54) is 17.2 Å². The SMILES string of the molecule is Cc1[nH]nc(-n2cnnc2)c1NS(=O)(=O)c1ccc(CC(C)C)cc1. The number of benzene rings is 1. The fourth-order valence-electron chi connectivity index (χ4n) is 2.50. The lowest BCUT2D eigenvalue weighted by atomic mass is 10.0. The summed E-state index contributed by atoms with van der Waals surface area (Å²) in [6.45, 7) is 5.99. The molecule has 0 bridgehead atoms. The molecular weight excluding hydrogens is 340 g/mol. The lowest BCUT2D eigenvalue weighted by Gasteiger charge is -2.10. The summed E-state index contributed by atoms with van der Waals surface area (Å²) in [5.74, 6) is 0.906. The van der Waals surface area contributed by atoms with E-state index in [2.05, 4.69) is 39.0 Å². The Morgan fingerprint density at radius 2 is 1.80 bits per heavy atom. The van der Waals surface area contributed by atoms with Gasteiger partial charge in [0.25, 0.3) is 10.0 Å². The molecule has 25 heavy (non-hydrogen) atoms. The Hall–Kier alpha value is -2.68. The van der Waals surface area contributed by atoms with Gasteiger partial charge in [-0.25, -0.2) is 8.42 Å². The highest BCUT2D eigenvalue weighted by molar-refractivity contribution is 7.92. The number of aromatic nitrogens is 5. The van der Waals surface area contributed by atoms with Crippen molar-refractivity contribution < 1.29 is 8.42 Å². The number of sulfonamides is 1. The van der Waals surface area contributed by atoms with Crippen LogP contribution in [-0.2, 0) is 16.4 Å². The molecule has 3 rings (SSSR count). The molecule has 0 amide bonds. The lowest BCUT2D eigenvalue weighted by molar-refractivity contribution is 0.601. The van der Waals surface area contributed by atoms with Crippen LogP contribution >= 0.6 is 0 Å². The molecule has 0 aliphatic heterocycles. The van der Waals surface area contributed by atoms with Crippen LogP contribution in [0, 0.1) is 12.8 Å². The first-order valence-electron chi connectivity index (χ1n) is 7.88. The van der Waals surface area contributed by atoms with E-state index in [9.17, 15) is 8.42 Å². The number of anilines is 1. The van der Waals surface area contributed by atoms with Crippen molar-refractivity contribution in [1.82, 2.24) is 25.0 Å². The largest absolute Gasteiger partial charge is 0.279 e. The standard InChI is InChI=1S/C16H20N6O2S/c1-11(2)8-13-4-6-14(7-5-13)25(23,24)21-15-12(3)19-20-16(15)22-9-17-18-10-22/h4-7,9-11,21H,8H2,1-3H3,(H,19,20). The van der Waals surface area contributed by atoms with Gasteiger partial charge in [0.2, 0.25) is 0 Å². The molecule has 8 nitrogen and oxygen atoms in total. The predicted octanol–water partition coefficient (Wildman–Crippen LogP) is 2.30. The van der Waals surface area contributed by atoms with E-state index in [1.807, 2.05) is 12.1 Å². The summed E-state index contributed by atoms with van der Waals surface area (Å²) in [7, 11) is -3.73. The van der Waals surface area contributed by atoms with Gasteiger partial charge in [0.1, 0.15) is 18.3 Å². The van der Waals surface area contributed by atoms with Crippen LogP contribution in [0.15, 0.2) is 41.8 Å². The second-order valence-corrected chi connectivity index (χ2v) is 7.95. The Kier molecular flexibility index (Phi) is 4.58. The molecular formula is C16H20N6O2S. The van der Waals surface area contributed by atoms with Crippen LogP contribution in [0.2, 0.25) is 0 Å². The summed E-state index contributed by atoms with van der Waals surface area (Å²) >= 11 is 0. The summed E-state index contributed by atoms with van der Waals surface area (Å²) in [6, 6.07) is 6.93. The molecule has 0 aliphatic carbocycles. The van der Waals surface area contributed by atoms with Gasteiger partial charge in [0, 0.05) is 0 Å². The number of nitrogens with one attached hydrogen (secondary N) is 2. The Morgan fingerprint density at radius 3 is 2.40 bits per heavy atom. The summed E-state index contributed by atoms with van der Waals surface area (Å²) < 4.78 is 29.6. The first kappa shape index (κ1) is 17.2. The Morgan fingerprint density at radius 1 is 1.16 bits per heavy atom. The number of hydrogen-bond donors (Lipinski definition) is 2. The average molecular weight is 360 g/mol. The molecule has 0 radical (unpaired) electrons. The molecule has 9 heteroatoms. The van der Waals surface area contributed by atoms with Crippen LogP contribution in [0.3, 0.4) is 0 Å². The van der Waals surface area contributed by atoms with E-state index in [4.69, 9.17) is 0 Å². The number of aryl methyl sites for hydroxylation is 1. The van der Waals surface area contributed by atoms with Crippen molar-refractivity contribution in [3.8, 4) is 5.82 Å². The maximum Gasteiger partial charge on any atom is 0.262 e. The summed E-state index contributed by atoms with van der Waals surface area (Å²) in [4.78, 5) is 0.204. The van der Waals surface area contributed by atoms with Gasteiger partial charge in [0.15, 0.2) is 5.82 Å². The van der Waals surface area contributed by atoms with Crippen molar-refractivity contribution in [2.45, 2.75) is 32.1 Å². The van der Waals surface area contributed by atoms with Crippen molar-refractivity contribution in [3.63, 3.8) is 0 Å². The van der Waals surface area contributed by atoms with E-state index >= 15 is 0 Å². The van der Waals surface area contributed by atoms with Crippen molar-refractivity contribution in [3.05, 3.63) is 48.2 Å². The van der Waals surface area contributed by atoms with Crippen LogP contribution in [0.1, 0.15) is 25.1 Å². The molecule has 2 aromatic heterocycles. The first-order chi connectivity index (χ1) is 11.9. The van der Waals surface area contributed by atoms with Crippen LogP contribution in [-0.4, -0.2) is 33.4 Å². The van der Waals surface area contributed by atoms with E-state index in [0.29, 0.717) is 23.1 Å². The highest BCUT2D eigenvalue weighted by Gasteiger charge is 2.20. The molecule has 0 aliphatic rings. The number of nitrogens with zero attached hydrogens (tertiary/aromatic N) is 4. The van der Waals surface area contributed by atoms with E-state index < -0.39 is 10.0 Å². The second kappa shape index (κ2) is 6.67. The van der Waals surface area contributed by atoms with Gasteiger partial charge < -0.3 is 0 Å². The first-order valence-corrected chi connectivity index (χ1v) is 9.37. The zero-order valence-electron chi connectivity index (χ0n) is 14.3.